The molecule has 0 N–H and O–H groups in total. The van der Waals surface area contributed by atoms with Gasteiger partial charge in [0, 0.05) is 20.0 Å². The molecule has 1 fully saturated rings. The van der Waals surface area contributed by atoms with Gasteiger partial charge in [-0.15, -0.1) is 0 Å². The molecule has 1 aliphatic heterocycles. The fourth-order valence-electron chi connectivity index (χ4n) is 2.37. The minimum atomic E-state index is -3.69. The van der Waals surface area contributed by atoms with Crippen molar-refractivity contribution in [2.24, 2.45) is 5.92 Å². The van der Waals surface area contributed by atoms with E-state index in [0.717, 1.165) is 18.4 Å². The van der Waals surface area contributed by atoms with Gasteiger partial charge in [-0.05, 0) is 37.8 Å². The largest absolute Gasteiger partial charge is 0.343 e. The summed E-state index contributed by atoms with van der Waals surface area (Å²) in [5, 5.41) is 0. The molecule has 0 spiro atoms. The summed E-state index contributed by atoms with van der Waals surface area (Å²) in [4.78, 5) is 13.2. The summed E-state index contributed by atoms with van der Waals surface area (Å²) in [5.41, 5.74) is 1.01. The monoisotopic (exact) mass is 311 g/mol. The van der Waals surface area contributed by atoms with Gasteiger partial charge in [-0.3, -0.25) is 8.98 Å². The first kappa shape index (κ1) is 16.0. The van der Waals surface area contributed by atoms with Crippen molar-refractivity contribution < 1.29 is 17.4 Å². The lowest BCUT2D eigenvalue weighted by atomic mass is 9.98. The zero-order valence-electron chi connectivity index (χ0n) is 12.4. The van der Waals surface area contributed by atoms with Crippen LogP contribution < -0.4 is 0 Å². The number of carbonyl (C=O) groups is 1. The molecule has 1 aromatic rings. The number of rotatable bonds is 4. The van der Waals surface area contributed by atoms with Crippen molar-refractivity contribution in [3.8, 4) is 0 Å². The topological polar surface area (TPSA) is 63.7 Å². The van der Waals surface area contributed by atoms with Crippen LogP contribution in [-0.4, -0.2) is 38.9 Å². The van der Waals surface area contributed by atoms with E-state index in [1.807, 2.05) is 6.92 Å². The lowest BCUT2D eigenvalue weighted by Crippen LogP contribution is -2.38. The molecule has 0 aliphatic carbocycles. The van der Waals surface area contributed by atoms with Crippen molar-refractivity contribution in [2.75, 3.05) is 19.7 Å². The third-order valence-corrected chi connectivity index (χ3v) is 5.12. The van der Waals surface area contributed by atoms with Crippen molar-refractivity contribution in [1.82, 2.24) is 4.90 Å². The number of nitrogens with zero attached hydrogens (tertiary/aromatic N) is 1. The quantitative estimate of drug-likeness (QED) is 0.797. The third-order valence-electron chi connectivity index (χ3n) is 3.83. The first-order chi connectivity index (χ1) is 9.88. The minimum absolute atomic E-state index is 0.0710. The van der Waals surface area contributed by atoms with Crippen LogP contribution in [0, 0.1) is 12.8 Å². The number of likely N-dealkylation sites (tertiary alicyclic amines) is 1. The van der Waals surface area contributed by atoms with Gasteiger partial charge in [-0.25, -0.2) is 0 Å². The second kappa shape index (κ2) is 6.58. The molecule has 1 saturated heterocycles. The third kappa shape index (κ3) is 4.28. The van der Waals surface area contributed by atoms with Crippen LogP contribution in [0.15, 0.2) is 29.2 Å². The second-order valence-corrected chi connectivity index (χ2v) is 7.12. The molecule has 116 valence electrons. The molecule has 0 aromatic heterocycles. The zero-order chi connectivity index (χ0) is 15.5. The van der Waals surface area contributed by atoms with E-state index >= 15 is 0 Å². The summed E-state index contributed by atoms with van der Waals surface area (Å²) in [6.45, 7) is 4.99. The molecule has 0 bridgehead atoms. The second-order valence-electron chi connectivity index (χ2n) is 5.50. The van der Waals surface area contributed by atoms with Crippen LogP contribution in [0.4, 0.5) is 0 Å². The maximum atomic E-state index is 12.1. The number of hydrogen-bond donors (Lipinski definition) is 0. The minimum Gasteiger partial charge on any atom is -0.343 e. The zero-order valence-corrected chi connectivity index (χ0v) is 13.2. The molecular weight excluding hydrogens is 290 g/mol. The smallest absolute Gasteiger partial charge is 0.296 e. The highest BCUT2D eigenvalue weighted by Gasteiger charge is 2.23. The fourth-order valence-corrected chi connectivity index (χ4v) is 3.35. The average molecular weight is 311 g/mol. The Balaban J connectivity index is 1.88. The Bertz CT molecular complexity index is 587. The van der Waals surface area contributed by atoms with Crippen molar-refractivity contribution >= 4 is 16.0 Å². The molecule has 1 aromatic carbocycles. The number of amides is 1. The molecule has 1 aliphatic rings. The Hall–Kier alpha value is -1.40. The normalized spacial score (nSPS) is 17.0. The lowest BCUT2D eigenvalue weighted by molar-refractivity contribution is -0.130. The Morgan fingerprint density at radius 1 is 1.24 bits per heavy atom. The van der Waals surface area contributed by atoms with Gasteiger partial charge in [-0.2, -0.15) is 8.42 Å². The van der Waals surface area contributed by atoms with Gasteiger partial charge in [0.25, 0.3) is 10.1 Å². The highest BCUT2D eigenvalue weighted by atomic mass is 32.2. The van der Waals surface area contributed by atoms with Crippen molar-refractivity contribution in [2.45, 2.75) is 31.6 Å². The van der Waals surface area contributed by atoms with Crippen molar-refractivity contribution in [3.63, 3.8) is 0 Å². The first-order valence-electron chi connectivity index (χ1n) is 7.10. The maximum Gasteiger partial charge on any atom is 0.296 e. The van der Waals surface area contributed by atoms with E-state index in [-0.39, 0.29) is 23.3 Å². The van der Waals surface area contributed by atoms with Gasteiger partial charge in [0.15, 0.2) is 0 Å². The molecule has 1 heterocycles. The predicted molar refractivity (Wildman–Crippen MR) is 79.3 cm³/mol. The maximum absolute atomic E-state index is 12.1. The highest BCUT2D eigenvalue weighted by molar-refractivity contribution is 7.86. The van der Waals surface area contributed by atoms with Crippen molar-refractivity contribution in [1.29, 1.82) is 0 Å². The molecule has 6 heteroatoms. The Labute approximate surface area is 126 Å². The molecule has 1 amide bonds. The van der Waals surface area contributed by atoms with Gasteiger partial charge in [0.05, 0.1) is 11.5 Å². The summed E-state index contributed by atoms with van der Waals surface area (Å²) >= 11 is 0. The number of hydrogen-bond acceptors (Lipinski definition) is 4. The fraction of sp³-hybridized carbons (Fsp3) is 0.533. The van der Waals surface area contributed by atoms with E-state index in [9.17, 15) is 13.2 Å². The Kier molecular flexibility index (Phi) is 5.00. The molecule has 0 unspecified atom stereocenters. The van der Waals surface area contributed by atoms with E-state index in [1.165, 1.54) is 0 Å². The van der Waals surface area contributed by atoms with Gasteiger partial charge in [-0.1, -0.05) is 17.7 Å². The summed E-state index contributed by atoms with van der Waals surface area (Å²) in [7, 11) is -3.69. The van der Waals surface area contributed by atoms with Crippen molar-refractivity contribution in [3.05, 3.63) is 29.8 Å². The average Bonchev–Trinajstić information content (AvgIpc) is 2.46. The number of benzene rings is 1. The first-order valence-corrected chi connectivity index (χ1v) is 8.51. The van der Waals surface area contributed by atoms with Crippen LogP contribution in [-0.2, 0) is 19.1 Å². The number of aryl methyl sites for hydroxylation is 1. The number of piperidine rings is 1. The predicted octanol–water partition coefficient (Wildman–Crippen LogP) is 1.96. The van der Waals surface area contributed by atoms with Gasteiger partial charge < -0.3 is 4.90 Å². The SMILES string of the molecule is CC(=O)N1CCC(COS(=O)(=O)c2ccc(C)cc2)CC1. The summed E-state index contributed by atoms with van der Waals surface area (Å²) in [6, 6.07) is 6.62. The van der Waals surface area contributed by atoms with Gasteiger partial charge in [0.2, 0.25) is 5.91 Å². The van der Waals surface area contributed by atoms with Gasteiger partial charge in [0.1, 0.15) is 0 Å². The summed E-state index contributed by atoms with van der Waals surface area (Å²) in [5.74, 6) is 0.252. The Morgan fingerprint density at radius 3 is 2.33 bits per heavy atom. The van der Waals surface area contributed by atoms with Crippen LogP contribution in [0.5, 0.6) is 0 Å². The van der Waals surface area contributed by atoms with E-state index in [0.29, 0.717) is 13.1 Å². The molecule has 21 heavy (non-hydrogen) atoms. The van der Waals surface area contributed by atoms with E-state index < -0.39 is 10.1 Å². The van der Waals surface area contributed by atoms with E-state index in [4.69, 9.17) is 4.18 Å². The van der Waals surface area contributed by atoms with Gasteiger partial charge >= 0.3 is 0 Å². The molecule has 2 rings (SSSR count). The summed E-state index contributed by atoms with van der Waals surface area (Å²) < 4.78 is 29.3. The van der Waals surface area contributed by atoms with Crippen LogP contribution in [0.25, 0.3) is 0 Å². The van der Waals surface area contributed by atoms with E-state index in [1.54, 1.807) is 36.1 Å². The molecule has 0 radical (unpaired) electrons. The highest BCUT2D eigenvalue weighted by Crippen LogP contribution is 2.20. The lowest BCUT2D eigenvalue weighted by Gasteiger charge is -2.30. The standard InChI is InChI=1S/C15H21NO4S/c1-12-3-5-15(6-4-12)21(18,19)20-11-14-7-9-16(10-8-14)13(2)17/h3-6,14H,7-11H2,1-2H3. The molecular formula is C15H21NO4S. The summed E-state index contributed by atoms with van der Waals surface area (Å²) in [6.07, 6.45) is 1.56. The molecule has 5 nitrogen and oxygen atoms in total. The van der Waals surface area contributed by atoms with Crippen LogP contribution >= 0.6 is 0 Å². The van der Waals surface area contributed by atoms with Crippen LogP contribution in [0.2, 0.25) is 0 Å². The number of carbonyl (C=O) groups excluding carboxylic acids is 1. The van der Waals surface area contributed by atoms with E-state index in [2.05, 4.69) is 0 Å². The van der Waals surface area contributed by atoms with Crippen LogP contribution in [0.3, 0.4) is 0 Å². The Morgan fingerprint density at radius 2 is 1.81 bits per heavy atom. The molecule has 0 saturated carbocycles. The van der Waals surface area contributed by atoms with Crippen LogP contribution in [0.1, 0.15) is 25.3 Å². The molecule has 0 atom stereocenters.